The van der Waals surface area contributed by atoms with Gasteiger partial charge in [0.05, 0.1) is 12.3 Å². The molecule has 0 unspecified atom stereocenters. The molecule has 50 heavy (non-hydrogen) atoms. The Bertz CT molecular complexity index is 1800. The van der Waals surface area contributed by atoms with Crippen molar-refractivity contribution in [2.75, 3.05) is 12.3 Å². The van der Waals surface area contributed by atoms with E-state index in [1.54, 1.807) is 12.1 Å². The number of hydrogen-bond donors (Lipinski definition) is 1. The first-order chi connectivity index (χ1) is 24.1. The highest BCUT2D eigenvalue weighted by molar-refractivity contribution is 6.99. The third-order valence-electron chi connectivity index (χ3n) is 9.85. The largest absolute Gasteiger partial charge is 0.455 e. The number of aromatic nitrogens is 3. The Morgan fingerprint density at radius 3 is 2.06 bits per heavy atom. The molecule has 2 aromatic carbocycles. The van der Waals surface area contributed by atoms with Crippen LogP contribution in [0.4, 0.5) is 5.82 Å². The van der Waals surface area contributed by atoms with Gasteiger partial charge in [-0.15, -0.1) is 0 Å². The second kappa shape index (κ2) is 14.7. The standard InChI is InChI=1S/C38H45N5O6Si/c1-37(2,3)50(27-16-10-8-11-17-27,28-18-12-9-13-19-28)46-24-30-34-35(48-33(45)21-15-7-5-4-6-14-20-32(44)47-34)38(25-39,49-30)31-23-22-29-36(40)41-26-42-43(29)31/h8-13,16-19,22-23,26,30,34-35H,4-7,14-15,20-21,24H2,1-3H3,(H2,40,41,42)/t30-,34-,35-,38+/m1/s1. The molecule has 2 N–H and O–H groups in total. The quantitative estimate of drug-likeness (QED) is 0.216. The lowest BCUT2D eigenvalue weighted by atomic mass is 9.92. The van der Waals surface area contributed by atoms with Crippen LogP contribution in [0, 0.1) is 11.3 Å². The summed E-state index contributed by atoms with van der Waals surface area (Å²) in [5.74, 6) is -0.748. The average Bonchev–Trinajstić information content (AvgIpc) is 3.67. The van der Waals surface area contributed by atoms with Gasteiger partial charge >= 0.3 is 11.9 Å². The summed E-state index contributed by atoms with van der Waals surface area (Å²) in [5.41, 5.74) is 4.98. The van der Waals surface area contributed by atoms with E-state index < -0.39 is 44.2 Å². The normalized spacial score (nSPS) is 24.1. The number of hydrogen-bond acceptors (Lipinski definition) is 10. The molecule has 2 saturated heterocycles. The number of anilines is 1. The van der Waals surface area contributed by atoms with Crippen molar-refractivity contribution in [3.8, 4) is 6.07 Å². The van der Waals surface area contributed by atoms with Crippen LogP contribution in [-0.2, 0) is 33.8 Å². The fourth-order valence-electron chi connectivity index (χ4n) is 7.43. The molecule has 2 aromatic heterocycles. The van der Waals surface area contributed by atoms with Gasteiger partial charge < -0.3 is 24.4 Å². The molecule has 0 aliphatic carbocycles. The van der Waals surface area contributed by atoms with Crippen LogP contribution in [0.2, 0.25) is 5.04 Å². The fourth-order valence-corrected chi connectivity index (χ4v) is 12.0. The molecule has 2 fully saturated rings. The van der Waals surface area contributed by atoms with E-state index in [4.69, 9.17) is 24.4 Å². The summed E-state index contributed by atoms with van der Waals surface area (Å²) in [6, 6.07) is 26.0. The summed E-state index contributed by atoms with van der Waals surface area (Å²) in [7, 11) is -3.10. The fraction of sp³-hybridized carbons (Fsp3) is 0.447. The SMILES string of the molecule is CC(C)(C)[Si](OC[C@H]1O[C@@](C#N)(c2ccc3c(N)ncnn23)[C@@H]2OC(=O)CCCCCCCCC(=O)O[C@@H]21)(c1ccccc1)c1ccccc1. The van der Waals surface area contributed by atoms with E-state index in [1.165, 1.54) is 10.8 Å². The van der Waals surface area contributed by atoms with E-state index >= 15 is 0 Å². The van der Waals surface area contributed by atoms with Gasteiger partial charge in [-0.05, 0) is 40.4 Å². The lowest BCUT2D eigenvalue weighted by molar-refractivity contribution is -0.169. The zero-order valence-corrected chi connectivity index (χ0v) is 29.9. The van der Waals surface area contributed by atoms with E-state index in [9.17, 15) is 14.9 Å². The predicted molar refractivity (Wildman–Crippen MR) is 190 cm³/mol. The maximum Gasteiger partial charge on any atom is 0.306 e. The monoisotopic (exact) mass is 695 g/mol. The van der Waals surface area contributed by atoms with Crippen LogP contribution >= 0.6 is 0 Å². The van der Waals surface area contributed by atoms with E-state index in [1.807, 2.05) is 36.4 Å². The van der Waals surface area contributed by atoms with Crippen LogP contribution < -0.4 is 16.1 Å². The van der Waals surface area contributed by atoms with Gasteiger partial charge in [-0.2, -0.15) is 10.4 Å². The number of nitrogens with two attached hydrogens (primary N) is 1. The summed E-state index contributed by atoms with van der Waals surface area (Å²) >= 11 is 0. The predicted octanol–water partition coefficient (Wildman–Crippen LogP) is 4.96. The first-order valence-corrected chi connectivity index (χ1v) is 19.3. The molecule has 12 heteroatoms. The maximum atomic E-state index is 13.5. The Morgan fingerprint density at radius 2 is 1.48 bits per heavy atom. The van der Waals surface area contributed by atoms with Gasteiger partial charge in [0.25, 0.3) is 8.32 Å². The van der Waals surface area contributed by atoms with Crippen molar-refractivity contribution in [3.05, 3.63) is 84.8 Å². The van der Waals surface area contributed by atoms with E-state index in [0.29, 0.717) is 18.4 Å². The van der Waals surface area contributed by atoms with Crippen molar-refractivity contribution < 1.29 is 28.2 Å². The zero-order valence-electron chi connectivity index (χ0n) is 28.9. The number of nitrogen functional groups attached to an aromatic ring is 1. The summed E-state index contributed by atoms with van der Waals surface area (Å²) in [5, 5.41) is 17.2. The number of nitrogens with zero attached hydrogens (tertiary/aromatic N) is 4. The molecule has 0 spiro atoms. The molecule has 0 amide bonds. The molecule has 4 aromatic rings. The van der Waals surface area contributed by atoms with Crippen LogP contribution in [0.25, 0.3) is 5.52 Å². The molecular formula is C38H45N5O6Si. The minimum absolute atomic E-state index is 0.0524. The third-order valence-corrected chi connectivity index (χ3v) is 14.9. The minimum Gasteiger partial charge on any atom is -0.455 e. The summed E-state index contributed by atoms with van der Waals surface area (Å²) in [6.45, 7) is 6.44. The van der Waals surface area contributed by atoms with Gasteiger partial charge in [0.15, 0.2) is 18.0 Å². The number of benzene rings is 2. The van der Waals surface area contributed by atoms with E-state index in [0.717, 1.165) is 36.1 Å². The van der Waals surface area contributed by atoms with Crippen molar-refractivity contribution >= 4 is 42.0 Å². The van der Waals surface area contributed by atoms with Gasteiger partial charge in [0.1, 0.15) is 24.0 Å². The number of ether oxygens (including phenoxy) is 3. The topological polar surface area (TPSA) is 151 Å². The van der Waals surface area contributed by atoms with Crippen LogP contribution in [0.1, 0.15) is 77.8 Å². The molecule has 4 heterocycles. The lowest BCUT2D eigenvalue weighted by Crippen LogP contribution is -2.67. The second-order valence-corrected chi connectivity index (χ2v) is 18.4. The molecule has 4 atom stereocenters. The number of rotatable bonds is 6. The van der Waals surface area contributed by atoms with Crippen molar-refractivity contribution in [1.82, 2.24) is 14.6 Å². The number of nitriles is 1. The second-order valence-electron chi connectivity index (χ2n) is 14.1. The average molecular weight is 696 g/mol. The molecule has 2 aliphatic heterocycles. The Kier molecular flexibility index (Phi) is 10.4. The highest BCUT2D eigenvalue weighted by atomic mass is 28.4. The van der Waals surface area contributed by atoms with Crippen LogP contribution in [0.5, 0.6) is 0 Å². The Balaban J connectivity index is 1.48. The number of carbonyl (C=O) groups excluding carboxylic acids is 2. The highest BCUT2D eigenvalue weighted by Gasteiger charge is 2.63. The number of esters is 2. The third kappa shape index (κ3) is 6.65. The number of carbonyl (C=O) groups is 2. The molecule has 262 valence electrons. The van der Waals surface area contributed by atoms with E-state index in [2.05, 4.69) is 61.2 Å². The Morgan fingerprint density at radius 1 is 0.900 bits per heavy atom. The highest BCUT2D eigenvalue weighted by Crippen LogP contribution is 2.45. The lowest BCUT2D eigenvalue weighted by Gasteiger charge is -2.43. The molecule has 6 rings (SSSR count). The van der Waals surface area contributed by atoms with Gasteiger partial charge in [-0.1, -0.05) is 107 Å². The van der Waals surface area contributed by atoms with Crippen molar-refractivity contribution in [2.45, 2.75) is 101 Å². The van der Waals surface area contributed by atoms with E-state index in [-0.39, 0.29) is 36.0 Å². The molecule has 11 nitrogen and oxygen atoms in total. The zero-order chi connectivity index (χ0) is 35.4. The van der Waals surface area contributed by atoms with Gasteiger partial charge in [0, 0.05) is 12.8 Å². The van der Waals surface area contributed by atoms with Gasteiger partial charge in [-0.25, -0.2) is 9.50 Å². The Hall–Kier alpha value is -4.57. The van der Waals surface area contributed by atoms with Crippen molar-refractivity contribution in [1.29, 1.82) is 5.26 Å². The summed E-state index contributed by atoms with van der Waals surface area (Å²) in [6.07, 6.45) is 3.15. The van der Waals surface area contributed by atoms with Crippen molar-refractivity contribution in [2.24, 2.45) is 0 Å². The summed E-state index contributed by atoms with van der Waals surface area (Å²) in [4.78, 5) is 31.1. The molecule has 0 bridgehead atoms. The maximum absolute atomic E-state index is 13.5. The first kappa shape index (κ1) is 35.3. The Labute approximate surface area is 293 Å². The van der Waals surface area contributed by atoms with Gasteiger partial charge in [0.2, 0.25) is 5.60 Å². The van der Waals surface area contributed by atoms with Crippen molar-refractivity contribution in [3.63, 3.8) is 0 Å². The molecule has 0 radical (unpaired) electrons. The smallest absolute Gasteiger partial charge is 0.306 e. The summed E-state index contributed by atoms with van der Waals surface area (Å²) < 4.78 is 27.9. The molecular weight excluding hydrogens is 651 g/mol. The van der Waals surface area contributed by atoms with Crippen LogP contribution in [-0.4, -0.2) is 59.8 Å². The number of fused-ring (bicyclic) bond motifs is 2. The van der Waals surface area contributed by atoms with Gasteiger partial charge in [-0.3, -0.25) is 9.59 Å². The first-order valence-electron chi connectivity index (χ1n) is 17.4. The molecule has 0 saturated carbocycles. The van der Waals surface area contributed by atoms with Crippen LogP contribution in [0.3, 0.4) is 0 Å². The molecule has 2 aliphatic rings. The van der Waals surface area contributed by atoms with Crippen LogP contribution in [0.15, 0.2) is 79.1 Å². The minimum atomic E-state index is -3.10.